The molecule has 0 amide bonds. The summed E-state index contributed by atoms with van der Waals surface area (Å²) in [6.07, 6.45) is 0. The summed E-state index contributed by atoms with van der Waals surface area (Å²) in [5.74, 6) is -0.738. The van der Waals surface area contributed by atoms with E-state index in [2.05, 4.69) is 53.7 Å². The first kappa shape index (κ1) is 20.9. The number of esters is 1. The summed E-state index contributed by atoms with van der Waals surface area (Å²) in [6.45, 7) is 12.4. The normalized spacial score (nSPS) is 16.3. The molecule has 2 aromatic carbocycles. The Bertz CT molecular complexity index is 943. The summed E-state index contributed by atoms with van der Waals surface area (Å²) < 4.78 is 11.0. The number of fused-ring (bicyclic) bond motifs is 1. The number of carbonyl (C=O) groups is 2. The zero-order valence-electron chi connectivity index (χ0n) is 17.8. The highest BCUT2D eigenvalue weighted by Gasteiger charge is 2.39. The summed E-state index contributed by atoms with van der Waals surface area (Å²) in [4.78, 5) is 23.5. The van der Waals surface area contributed by atoms with Crippen LogP contribution in [0.25, 0.3) is 0 Å². The second kappa shape index (κ2) is 7.21. The monoisotopic (exact) mass is 396 g/mol. The van der Waals surface area contributed by atoms with Crippen molar-refractivity contribution < 1.29 is 24.2 Å². The maximum Gasteiger partial charge on any atom is 0.341 e. The SMILES string of the molecule is CC(C)(C)c1cc2c(c(C(C)(C)C)c1)OC(=O)C2c1ccc(OCC(=O)O)cc1. The van der Waals surface area contributed by atoms with Crippen molar-refractivity contribution in [1.82, 2.24) is 0 Å². The molecule has 0 aromatic heterocycles. The third-order valence-electron chi connectivity index (χ3n) is 5.12. The van der Waals surface area contributed by atoms with Crippen molar-refractivity contribution in [1.29, 1.82) is 0 Å². The Kier molecular flexibility index (Phi) is 5.20. The van der Waals surface area contributed by atoms with E-state index >= 15 is 0 Å². The fourth-order valence-electron chi connectivity index (χ4n) is 3.47. The van der Waals surface area contributed by atoms with Gasteiger partial charge in [0.1, 0.15) is 17.4 Å². The standard InChI is InChI=1S/C24H28O5/c1-23(2,3)15-11-17-20(14-7-9-16(10-8-14)28-13-19(25)26)22(27)29-21(17)18(12-15)24(4,5)6/h7-12,20H,13H2,1-6H3,(H,25,26). The van der Waals surface area contributed by atoms with E-state index in [9.17, 15) is 9.59 Å². The minimum absolute atomic E-state index is 0.0697. The van der Waals surface area contributed by atoms with Gasteiger partial charge in [0, 0.05) is 11.1 Å². The molecule has 1 atom stereocenters. The number of benzene rings is 2. The predicted octanol–water partition coefficient (Wildman–Crippen LogP) is 4.80. The van der Waals surface area contributed by atoms with E-state index in [4.69, 9.17) is 14.6 Å². The van der Waals surface area contributed by atoms with Gasteiger partial charge in [-0.25, -0.2) is 4.79 Å². The second-order valence-electron chi connectivity index (χ2n) is 9.55. The molecule has 0 aliphatic carbocycles. The predicted molar refractivity (Wildman–Crippen MR) is 111 cm³/mol. The molecule has 0 radical (unpaired) electrons. The molecule has 0 bridgehead atoms. The molecule has 1 aliphatic rings. The van der Waals surface area contributed by atoms with Crippen molar-refractivity contribution in [3.05, 3.63) is 58.7 Å². The summed E-state index contributed by atoms with van der Waals surface area (Å²) in [6, 6.07) is 11.2. The molecule has 154 valence electrons. The number of carboxylic acids is 1. The van der Waals surface area contributed by atoms with Crippen molar-refractivity contribution >= 4 is 11.9 Å². The molecule has 1 aliphatic heterocycles. The van der Waals surface area contributed by atoms with Gasteiger partial charge in [-0.2, -0.15) is 0 Å². The van der Waals surface area contributed by atoms with Crippen LogP contribution in [-0.4, -0.2) is 23.7 Å². The molecular formula is C24H28O5. The Morgan fingerprint density at radius 2 is 1.66 bits per heavy atom. The van der Waals surface area contributed by atoms with Crippen molar-refractivity contribution in [3.63, 3.8) is 0 Å². The Labute approximate surface area is 171 Å². The molecule has 5 nitrogen and oxygen atoms in total. The van der Waals surface area contributed by atoms with E-state index in [1.54, 1.807) is 24.3 Å². The molecule has 0 spiro atoms. The van der Waals surface area contributed by atoms with Gasteiger partial charge < -0.3 is 14.6 Å². The van der Waals surface area contributed by atoms with Crippen molar-refractivity contribution in [2.45, 2.75) is 58.3 Å². The van der Waals surface area contributed by atoms with Crippen LogP contribution in [0.5, 0.6) is 11.5 Å². The molecule has 3 rings (SSSR count). The largest absolute Gasteiger partial charge is 0.482 e. The maximum atomic E-state index is 12.8. The molecule has 0 saturated carbocycles. The van der Waals surface area contributed by atoms with Gasteiger partial charge in [0.2, 0.25) is 0 Å². The van der Waals surface area contributed by atoms with Crippen molar-refractivity contribution in [3.8, 4) is 11.5 Å². The Morgan fingerprint density at radius 3 is 2.17 bits per heavy atom. The smallest absolute Gasteiger partial charge is 0.341 e. The minimum Gasteiger partial charge on any atom is -0.482 e. The highest BCUT2D eigenvalue weighted by atomic mass is 16.5. The third kappa shape index (κ3) is 4.29. The summed E-state index contributed by atoms with van der Waals surface area (Å²) in [5, 5.41) is 8.74. The highest BCUT2D eigenvalue weighted by Crippen LogP contribution is 2.47. The van der Waals surface area contributed by atoms with Crippen molar-refractivity contribution in [2.24, 2.45) is 0 Å². The average molecular weight is 396 g/mol. The van der Waals surface area contributed by atoms with Gasteiger partial charge in [0.05, 0.1) is 0 Å². The van der Waals surface area contributed by atoms with Crippen LogP contribution < -0.4 is 9.47 Å². The van der Waals surface area contributed by atoms with Crippen molar-refractivity contribution in [2.75, 3.05) is 6.61 Å². The van der Waals surface area contributed by atoms with E-state index in [0.29, 0.717) is 11.5 Å². The number of carbonyl (C=O) groups excluding carboxylic acids is 1. The number of hydrogen-bond donors (Lipinski definition) is 1. The van der Waals surface area contributed by atoms with Crippen LogP contribution >= 0.6 is 0 Å². The zero-order valence-corrected chi connectivity index (χ0v) is 17.8. The molecule has 2 aromatic rings. The lowest BCUT2D eigenvalue weighted by Crippen LogP contribution is -2.17. The summed E-state index contributed by atoms with van der Waals surface area (Å²) in [7, 11) is 0. The lowest BCUT2D eigenvalue weighted by molar-refractivity contribution is -0.139. The number of ether oxygens (including phenoxy) is 2. The fourth-order valence-corrected chi connectivity index (χ4v) is 3.47. The minimum atomic E-state index is -1.04. The molecule has 1 N–H and O–H groups in total. The van der Waals surface area contributed by atoms with E-state index in [1.165, 1.54) is 0 Å². The summed E-state index contributed by atoms with van der Waals surface area (Å²) >= 11 is 0. The number of carboxylic acid groups (broad SMARTS) is 1. The first-order valence-corrected chi connectivity index (χ1v) is 9.73. The van der Waals surface area contributed by atoms with Crippen LogP contribution in [0.2, 0.25) is 0 Å². The van der Waals surface area contributed by atoms with Gasteiger partial charge in [-0.1, -0.05) is 65.8 Å². The Morgan fingerprint density at radius 1 is 1.03 bits per heavy atom. The highest BCUT2D eigenvalue weighted by molar-refractivity contribution is 5.90. The summed E-state index contributed by atoms with van der Waals surface area (Å²) in [5.41, 5.74) is 3.62. The van der Waals surface area contributed by atoms with E-state index < -0.39 is 18.5 Å². The molecule has 0 fully saturated rings. The number of aliphatic carboxylic acids is 1. The first-order valence-electron chi connectivity index (χ1n) is 9.73. The van der Waals surface area contributed by atoms with Gasteiger partial charge in [-0.15, -0.1) is 0 Å². The Balaban J connectivity index is 2.06. The third-order valence-corrected chi connectivity index (χ3v) is 5.12. The van der Waals surface area contributed by atoms with Gasteiger partial charge in [0.25, 0.3) is 0 Å². The molecule has 1 unspecified atom stereocenters. The van der Waals surface area contributed by atoms with Crippen LogP contribution in [0.1, 0.15) is 69.7 Å². The van der Waals surface area contributed by atoms with Crippen LogP contribution in [0.15, 0.2) is 36.4 Å². The fraction of sp³-hybridized carbons (Fsp3) is 0.417. The molecule has 0 saturated heterocycles. The molecule has 5 heteroatoms. The van der Waals surface area contributed by atoms with Gasteiger partial charge in [0.15, 0.2) is 6.61 Å². The van der Waals surface area contributed by atoms with E-state index in [1.807, 2.05) is 0 Å². The topological polar surface area (TPSA) is 72.8 Å². The maximum absolute atomic E-state index is 12.8. The first-order chi connectivity index (χ1) is 13.4. The van der Waals surface area contributed by atoms with Gasteiger partial charge in [-0.3, -0.25) is 4.79 Å². The molecule has 29 heavy (non-hydrogen) atoms. The molecule has 1 heterocycles. The van der Waals surface area contributed by atoms with Gasteiger partial charge >= 0.3 is 11.9 Å². The lowest BCUT2D eigenvalue weighted by Gasteiger charge is -2.27. The lowest BCUT2D eigenvalue weighted by atomic mass is 9.77. The molecular weight excluding hydrogens is 368 g/mol. The number of rotatable bonds is 4. The van der Waals surface area contributed by atoms with E-state index in [0.717, 1.165) is 22.3 Å². The van der Waals surface area contributed by atoms with Crippen LogP contribution in [-0.2, 0) is 20.4 Å². The van der Waals surface area contributed by atoms with Crippen LogP contribution in [0.3, 0.4) is 0 Å². The van der Waals surface area contributed by atoms with E-state index in [-0.39, 0.29) is 16.8 Å². The second-order valence-corrected chi connectivity index (χ2v) is 9.55. The van der Waals surface area contributed by atoms with Crippen LogP contribution in [0.4, 0.5) is 0 Å². The van der Waals surface area contributed by atoms with Gasteiger partial charge in [-0.05, 0) is 34.1 Å². The number of hydrogen-bond acceptors (Lipinski definition) is 4. The quantitative estimate of drug-likeness (QED) is 0.594. The average Bonchev–Trinajstić information content (AvgIpc) is 2.93. The van der Waals surface area contributed by atoms with Crippen LogP contribution in [0, 0.1) is 0 Å². The Hall–Kier alpha value is -2.82. The zero-order chi connectivity index (χ0) is 21.6.